The van der Waals surface area contributed by atoms with Gasteiger partial charge in [-0.2, -0.15) is 0 Å². The summed E-state index contributed by atoms with van der Waals surface area (Å²) in [4.78, 5) is 15.0. The van der Waals surface area contributed by atoms with E-state index in [9.17, 15) is 4.79 Å². The van der Waals surface area contributed by atoms with Crippen LogP contribution in [0.25, 0.3) is 0 Å². The minimum atomic E-state index is 0. The second kappa shape index (κ2) is 8.23. The van der Waals surface area contributed by atoms with Crippen molar-refractivity contribution in [2.24, 2.45) is 17.6 Å². The van der Waals surface area contributed by atoms with Gasteiger partial charge < -0.3 is 10.6 Å². The van der Waals surface area contributed by atoms with Crippen LogP contribution in [-0.2, 0) is 4.79 Å². The lowest BCUT2D eigenvalue weighted by Crippen LogP contribution is -2.48. The van der Waals surface area contributed by atoms with E-state index in [0.29, 0.717) is 17.9 Å². The monoisotopic (exact) mass is 302 g/mol. The smallest absolute Gasteiger partial charge is 0.225 e. The van der Waals surface area contributed by atoms with E-state index in [2.05, 4.69) is 18.7 Å². The molecule has 1 saturated carbocycles. The van der Waals surface area contributed by atoms with Gasteiger partial charge in [-0.05, 0) is 50.9 Å². The lowest BCUT2D eigenvalue weighted by Gasteiger charge is -2.40. The molecular weight excluding hydrogens is 272 g/mol. The maximum atomic E-state index is 12.8. The Bertz CT molecular complexity index is 309. The number of carbonyl (C=O) groups excluding carboxylic acids is 1. The average Bonchev–Trinajstić information content (AvgIpc) is 2.38. The van der Waals surface area contributed by atoms with Gasteiger partial charge in [-0.25, -0.2) is 0 Å². The van der Waals surface area contributed by atoms with Crippen LogP contribution in [-0.4, -0.2) is 29.4 Å². The maximum absolute atomic E-state index is 12.8. The standard InChI is InChI=1S/C16H30N2O.ClH/c1-12(2)10-15-8-3-4-9-18(15)16(19)13-6-5-7-14(17)11-13;/h12-15H,3-11,17H2,1-2H3;1H. The summed E-state index contributed by atoms with van der Waals surface area (Å²) in [7, 11) is 0. The number of halogens is 1. The third-order valence-electron chi connectivity index (χ3n) is 4.72. The van der Waals surface area contributed by atoms with Gasteiger partial charge in [0.1, 0.15) is 0 Å². The summed E-state index contributed by atoms with van der Waals surface area (Å²) in [5.41, 5.74) is 6.04. The van der Waals surface area contributed by atoms with E-state index < -0.39 is 0 Å². The molecule has 20 heavy (non-hydrogen) atoms. The van der Waals surface area contributed by atoms with Crippen LogP contribution in [0.5, 0.6) is 0 Å². The minimum absolute atomic E-state index is 0. The second-order valence-corrected chi connectivity index (χ2v) is 6.93. The number of hydrogen-bond donors (Lipinski definition) is 1. The molecule has 4 heteroatoms. The Morgan fingerprint density at radius 3 is 2.60 bits per heavy atom. The largest absolute Gasteiger partial charge is 0.339 e. The van der Waals surface area contributed by atoms with Crippen LogP contribution >= 0.6 is 12.4 Å². The Balaban J connectivity index is 0.00000200. The predicted molar refractivity (Wildman–Crippen MR) is 86.0 cm³/mol. The summed E-state index contributed by atoms with van der Waals surface area (Å²) in [6, 6.07) is 0.732. The Morgan fingerprint density at radius 2 is 1.95 bits per heavy atom. The summed E-state index contributed by atoms with van der Waals surface area (Å²) in [5.74, 6) is 1.28. The quantitative estimate of drug-likeness (QED) is 0.869. The van der Waals surface area contributed by atoms with Gasteiger partial charge in [0.05, 0.1) is 0 Å². The molecule has 0 bridgehead atoms. The number of rotatable bonds is 3. The highest BCUT2D eigenvalue weighted by Gasteiger charge is 2.33. The van der Waals surface area contributed by atoms with Gasteiger partial charge in [-0.1, -0.05) is 20.3 Å². The van der Waals surface area contributed by atoms with Crippen LogP contribution in [0.2, 0.25) is 0 Å². The molecule has 2 fully saturated rings. The fraction of sp³-hybridized carbons (Fsp3) is 0.938. The Morgan fingerprint density at radius 1 is 1.20 bits per heavy atom. The van der Waals surface area contributed by atoms with Crippen LogP contribution in [0.15, 0.2) is 0 Å². The van der Waals surface area contributed by atoms with Crippen molar-refractivity contribution in [3.05, 3.63) is 0 Å². The van der Waals surface area contributed by atoms with Crippen molar-refractivity contribution >= 4 is 18.3 Å². The Kier molecular flexibility index (Phi) is 7.32. The lowest BCUT2D eigenvalue weighted by molar-refractivity contribution is -0.140. The van der Waals surface area contributed by atoms with Gasteiger partial charge in [0, 0.05) is 24.5 Å². The first kappa shape index (κ1) is 17.8. The molecule has 3 nitrogen and oxygen atoms in total. The molecule has 1 amide bonds. The van der Waals surface area contributed by atoms with Gasteiger partial charge in [0.2, 0.25) is 5.91 Å². The predicted octanol–water partition coefficient (Wildman–Crippen LogP) is 3.35. The number of nitrogens with zero attached hydrogens (tertiary/aromatic N) is 1. The number of nitrogens with two attached hydrogens (primary N) is 1. The SMILES string of the molecule is CC(C)CC1CCCCN1C(=O)C1CCCC(N)C1.Cl. The summed E-state index contributed by atoms with van der Waals surface area (Å²) in [6.07, 6.45) is 9.00. The first-order valence-electron chi connectivity index (χ1n) is 8.14. The molecule has 1 heterocycles. The van der Waals surface area contributed by atoms with E-state index in [1.54, 1.807) is 0 Å². The van der Waals surface area contributed by atoms with Crippen LogP contribution in [0.4, 0.5) is 0 Å². The van der Waals surface area contributed by atoms with Gasteiger partial charge in [0.15, 0.2) is 0 Å². The van der Waals surface area contributed by atoms with E-state index in [-0.39, 0.29) is 24.4 Å². The van der Waals surface area contributed by atoms with E-state index >= 15 is 0 Å². The molecule has 2 N–H and O–H groups in total. The first-order chi connectivity index (χ1) is 9.08. The van der Waals surface area contributed by atoms with Gasteiger partial charge in [0.25, 0.3) is 0 Å². The van der Waals surface area contributed by atoms with Crippen molar-refractivity contribution in [3.63, 3.8) is 0 Å². The van der Waals surface area contributed by atoms with Crippen molar-refractivity contribution < 1.29 is 4.79 Å². The summed E-state index contributed by atoms with van der Waals surface area (Å²) in [6.45, 7) is 5.49. The zero-order valence-electron chi connectivity index (χ0n) is 13.0. The maximum Gasteiger partial charge on any atom is 0.225 e. The molecule has 0 spiro atoms. The molecule has 118 valence electrons. The minimum Gasteiger partial charge on any atom is -0.339 e. The molecule has 0 radical (unpaired) electrons. The molecule has 3 unspecified atom stereocenters. The molecule has 1 saturated heterocycles. The zero-order valence-corrected chi connectivity index (χ0v) is 13.8. The van der Waals surface area contributed by atoms with Crippen LogP contribution < -0.4 is 5.73 Å². The number of likely N-dealkylation sites (tertiary alicyclic amines) is 1. The third kappa shape index (κ3) is 4.63. The highest BCUT2D eigenvalue weighted by molar-refractivity contribution is 5.85. The number of piperidine rings is 1. The average molecular weight is 303 g/mol. The Hall–Kier alpha value is -0.280. The van der Waals surface area contributed by atoms with Crippen molar-refractivity contribution in [2.45, 2.75) is 77.3 Å². The highest BCUT2D eigenvalue weighted by Crippen LogP contribution is 2.29. The zero-order chi connectivity index (χ0) is 13.8. The fourth-order valence-electron chi connectivity index (χ4n) is 3.77. The van der Waals surface area contributed by atoms with Crippen molar-refractivity contribution in [2.75, 3.05) is 6.54 Å². The van der Waals surface area contributed by atoms with Gasteiger partial charge in [-0.3, -0.25) is 4.79 Å². The highest BCUT2D eigenvalue weighted by atomic mass is 35.5. The van der Waals surface area contributed by atoms with Crippen LogP contribution in [0.3, 0.4) is 0 Å². The van der Waals surface area contributed by atoms with E-state index in [1.807, 2.05) is 0 Å². The molecule has 0 aromatic heterocycles. The van der Waals surface area contributed by atoms with E-state index in [0.717, 1.165) is 38.6 Å². The van der Waals surface area contributed by atoms with E-state index in [4.69, 9.17) is 5.73 Å². The topological polar surface area (TPSA) is 46.3 Å². The second-order valence-electron chi connectivity index (χ2n) is 6.93. The number of amides is 1. The fourth-order valence-corrected chi connectivity index (χ4v) is 3.77. The molecule has 1 aliphatic carbocycles. The molecule has 3 atom stereocenters. The van der Waals surface area contributed by atoms with E-state index in [1.165, 1.54) is 19.3 Å². The van der Waals surface area contributed by atoms with Crippen molar-refractivity contribution in [1.82, 2.24) is 4.90 Å². The normalized spacial score (nSPS) is 31.0. The third-order valence-corrected chi connectivity index (χ3v) is 4.72. The summed E-state index contributed by atoms with van der Waals surface area (Å²) < 4.78 is 0. The summed E-state index contributed by atoms with van der Waals surface area (Å²) in [5, 5.41) is 0. The van der Waals surface area contributed by atoms with Crippen molar-refractivity contribution in [1.29, 1.82) is 0 Å². The molecular formula is C16H31ClN2O. The number of hydrogen-bond acceptors (Lipinski definition) is 2. The lowest BCUT2D eigenvalue weighted by atomic mass is 9.84. The Labute approximate surface area is 130 Å². The molecule has 2 aliphatic rings. The molecule has 1 aliphatic heterocycles. The van der Waals surface area contributed by atoms with Crippen LogP contribution in [0.1, 0.15) is 65.2 Å². The first-order valence-corrected chi connectivity index (χ1v) is 8.14. The van der Waals surface area contributed by atoms with Gasteiger partial charge in [-0.15, -0.1) is 12.4 Å². The molecule has 2 rings (SSSR count). The van der Waals surface area contributed by atoms with Crippen LogP contribution in [0, 0.1) is 11.8 Å². The molecule has 0 aromatic rings. The molecule has 0 aromatic carbocycles. The van der Waals surface area contributed by atoms with Crippen molar-refractivity contribution in [3.8, 4) is 0 Å². The number of carbonyl (C=O) groups is 1. The van der Waals surface area contributed by atoms with Gasteiger partial charge >= 0.3 is 0 Å². The summed E-state index contributed by atoms with van der Waals surface area (Å²) >= 11 is 0.